The highest BCUT2D eigenvalue weighted by atomic mass is 127. The molecule has 0 aliphatic heterocycles. The lowest BCUT2D eigenvalue weighted by Crippen LogP contribution is -2.40. The van der Waals surface area contributed by atoms with Crippen molar-refractivity contribution >= 4 is 44.2 Å². The number of nitrogens with one attached hydrogen (secondary N) is 1. The normalized spacial score (nSPS) is 11.5. The first-order valence-corrected chi connectivity index (χ1v) is 10.2. The number of amides is 1. The fraction of sp³-hybridized carbons (Fsp3) is 0.533. The molecule has 23 heavy (non-hydrogen) atoms. The van der Waals surface area contributed by atoms with Crippen molar-refractivity contribution in [1.29, 1.82) is 0 Å². The van der Waals surface area contributed by atoms with E-state index in [0.29, 0.717) is 25.3 Å². The number of sulfonamides is 1. The molecule has 0 saturated carbocycles. The number of anilines is 1. The zero-order chi connectivity index (χ0) is 17.5. The van der Waals surface area contributed by atoms with E-state index < -0.39 is 10.0 Å². The molecule has 0 saturated heterocycles. The van der Waals surface area contributed by atoms with Gasteiger partial charge in [0.05, 0.1) is 18.0 Å². The first-order valence-electron chi connectivity index (χ1n) is 7.31. The van der Waals surface area contributed by atoms with Crippen LogP contribution in [-0.4, -0.2) is 46.4 Å². The summed E-state index contributed by atoms with van der Waals surface area (Å²) in [7, 11) is -3.53. The second kappa shape index (κ2) is 9.43. The molecule has 0 bridgehead atoms. The number of carbonyl (C=O) groups excluding carboxylic acids is 1. The van der Waals surface area contributed by atoms with Gasteiger partial charge in [0.15, 0.2) is 0 Å². The third kappa shape index (κ3) is 7.98. The summed E-state index contributed by atoms with van der Waals surface area (Å²) in [6, 6.07) is 6.98. The number of rotatable bonds is 9. The third-order valence-corrected chi connectivity index (χ3v) is 4.76. The molecule has 130 valence electrons. The average molecular weight is 454 g/mol. The Morgan fingerprint density at radius 3 is 2.43 bits per heavy atom. The predicted molar refractivity (Wildman–Crippen MR) is 100 cm³/mol. The lowest BCUT2D eigenvalue weighted by Gasteiger charge is -2.22. The fourth-order valence-electron chi connectivity index (χ4n) is 1.81. The minimum Gasteiger partial charge on any atom is -0.379 e. The number of hydrogen-bond acceptors (Lipinski definition) is 4. The van der Waals surface area contributed by atoms with Crippen molar-refractivity contribution in [1.82, 2.24) is 5.32 Å². The van der Waals surface area contributed by atoms with Gasteiger partial charge in [0.25, 0.3) is 0 Å². The molecule has 0 aromatic heterocycles. The molecule has 0 atom stereocenters. The summed E-state index contributed by atoms with van der Waals surface area (Å²) in [6.45, 7) is 4.68. The van der Waals surface area contributed by atoms with Crippen LogP contribution in [0.3, 0.4) is 0 Å². The summed E-state index contributed by atoms with van der Waals surface area (Å²) in [5.41, 5.74) is 0.478. The lowest BCUT2D eigenvalue weighted by atomic mass is 10.3. The Labute approximate surface area is 151 Å². The van der Waals surface area contributed by atoms with Crippen LogP contribution in [0.4, 0.5) is 5.69 Å². The van der Waals surface area contributed by atoms with Gasteiger partial charge in [-0.25, -0.2) is 8.42 Å². The molecule has 1 rings (SSSR count). The molecule has 0 fully saturated rings. The molecule has 0 aliphatic carbocycles. The maximum atomic E-state index is 12.0. The largest absolute Gasteiger partial charge is 0.379 e. The van der Waals surface area contributed by atoms with E-state index in [9.17, 15) is 13.2 Å². The molecule has 1 aromatic carbocycles. The van der Waals surface area contributed by atoms with Crippen LogP contribution >= 0.6 is 22.6 Å². The molecule has 1 amide bonds. The maximum absolute atomic E-state index is 12.0. The summed E-state index contributed by atoms with van der Waals surface area (Å²) in [4.78, 5) is 12.0. The highest BCUT2D eigenvalue weighted by Crippen LogP contribution is 2.18. The lowest BCUT2D eigenvalue weighted by molar-refractivity contribution is -0.119. The van der Waals surface area contributed by atoms with Gasteiger partial charge < -0.3 is 10.1 Å². The number of nitrogens with zero attached hydrogens (tertiary/aromatic N) is 1. The van der Waals surface area contributed by atoms with Crippen molar-refractivity contribution in [3.05, 3.63) is 27.8 Å². The molecule has 0 radical (unpaired) electrons. The highest BCUT2D eigenvalue weighted by molar-refractivity contribution is 14.1. The third-order valence-electron chi connectivity index (χ3n) is 2.90. The Bertz CT molecular complexity index is 602. The topological polar surface area (TPSA) is 75.7 Å². The quantitative estimate of drug-likeness (QED) is 0.458. The summed E-state index contributed by atoms with van der Waals surface area (Å²) >= 11 is 2.14. The Hall–Kier alpha value is -0.870. The Morgan fingerprint density at radius 1 is 1.30 bits per heavy atom. The second-order valence-corrected chi connectivity index (χ2v) is 8.52. The zero-order valence-electron chi connectivity index (χ0n) is 13.6. The molecule has 0 unspecified atom stereocenters. The van der Waals surface area contributed by atoms with Crippen molar-refractivity contribution in [2.75, 3.05) is 30.3 Å². The van der Waals surface area contributed by atoms with Crippen LogP contribution < -0.4 is 9.62 Å². The van der Waals surface area contributed by atoms with Gasteiger partial charge in [-0.15, -0.1) is 0 Å². The van der Waals surface area contributed by atoms with E-state index in [0.717, 1.165) is 14.1 Å². The number of halogens is 1. The van der Waals surface area contributed by atoms with Gasteiger partial charge in [-0.1, -0.05) is 0 Å². The molecule has 1 aromatic rings. The van der Waals surface area contributed by atoms with Crippen LogP contribution in [0, 0.1) is 3.57 Å². The van der Waals surface area contributed by atoms with Gasteiger partial charge in [-0.2, -0.15) is 0 Å². The van der Waals surface area contributed by atoms with E-state index in [1.807, 2.05) is 13.8 Å². The molecule has 1 N–H and O–H groups in total. The standard InChI is InChI=1S/C15H23IN2O4S/c1-12(2)22-10-4-9-17-15(19)11-18(23(3,20)21)14-7-5-13(16)6-8-14/h5-8,12H,4,9-11H2,1-3H3,(H,17,19). The van der Waals surface area contributed by atoms with Crippen LogP contribution in [0.1, 0.15) is 20.3 Å². The molecular formula is C15H23IN2O4S. The van der Waals surface area contributed by atoms with Crippen LogP contribution in [0.5, 0.6) is 0 Å². The number of ether oxygens (including phenoxy) is 1. The first-order chi connectivity index (χ1) is 10.7. The van der Waals surface area contributed by atoms with Crippen LogP contribution in [0.25, 0.3) is 0 Å². The Kier molecular flexibility index (Phi) is 8.27. The van der Waals surface area contributed by atoms with E-state index in [2.05, 4.69) is 27.9 Å². The predicted octanol–water partition coefficient (Wildman–Crippen LogP) is 1.99. The number of hydrogen-bond donors (Lipinski definition) is 1. The SMILES string of the molecule is CC(C)OCCCNC(=O)CN(c1ccc(I)cc1)S(C)(=O)=O. The van der Waals surface area contributed by atoms with Crippen LogP contribution in [0.15, 0.2) is 24.3 Å². The van der Waals surface area contributed by atoms with Crippen LogP contribution in [0.2, 0.25) is 0 Å². The second-order valence-electron chi connectivity index (χ2n) is 5.37. The molecular weight excluding hydrogens is 431 g/mol. The Balaban J connectivity index is 2.58. The van der Waals surface area contributed by atoms with Crippen molar-refractivity contribution in [3.8, 4) is 0 Å². The van der Waals surface area contributed by atoms with E-state index in [1.54, 1.807) is 24.3 Å². The summed E-state index contributed by atoms with van der Waals surface area (Å²) in [6.07, 6.45) is 1.94. The van der Waals surface area contributed by atoms with E-state index in [1.165, 1.54) is 0 Å². The van der Waals surface area contributed by atoms with E-state index in [-0.39, 0.29) is 18.6 Å². The van der Waals surface area contributed by atoms with Crippen molar-refractivity contribution in [2.45, 2.75) is 26.4 Å². The molecule has 8 heteroatoms. The smallest absolute Gasteiger partial charge is 0.240 e. The Morgan fingerprint density at radius 2 is 1.91 bits per heavy atom. The number of benzene rings is 1. The van der Waals surface area contributed by atoms with Gasteiger partial charge >= 0.3 is 0 Å². The van der Waals surface area contributed by atoms with Gasteiger partial charge in [0, 0.05) is 16.7 Å². The fourth-order valence-corrected chi connectivity index (χ4v) is 3.03. The van der Waals surface area contributed by atoms with Crippen molar-refractivity contribution < 1.29 is 17.9 Å². The molecule has 0 aliphatic rings. The van der Waals surface area contributed by atoms with Gasteiger partial charge in [0.1, 0.15) is 6.54 Å². The van der Waals surface area contributed by atoms with Crippen molar-refractivity contribution in [2.24, 2.45) is 0 Å². The minimum absolute atomic E-state index is 0.160. The average Bonchev–Trinajstić information content (AvgIpc) is 2.44. The van der Waals surface area contributed by atoms with E-state index in [4.69, 9.17) is 4.74 Å². The molecule has 0 heterocycles. The van der Waals surface area contributed by atoms with E-state index >= 15 is 0 Å². The molecule has 0 spiro atoms. The monoisotopic (exact) mass is 454 g/mol. The highest BCUT2D eigenvalue weighted by Gasteiger charge is 2.20. The summed E-state index contributed by atoms with van der Waals surface area (Å²) < 4.78 is 31.3. The minimum atomic E-state index is -3.53. The summed E-state index contributed by atoms with van der Waals surface area (Å²) in [5.74, 6) is -0.335. The number of carbonyl (C=O) groups is 1. The van der Waals surface area contributed by atoms with Gasteiger partial charge in [0.2, 0.25) is 15.9 Å². The van der Waals surface area contributed by atoms with Gasteiger partial charge in [-0.05, 0) is 67.1 Å². The van der Waals surface area contributed by atoms with Crippen molar-refractivity contribution in [3.63, 3.8) is 0 Å². The first kappa shape index (κ1) is 20.2. The summed E-state index contributed by atoms with van der Waals surface area (Å²) in [5, 5.41) is 2.71. The van der Waals surface area contributed by atoms with Crippen LogP contribution in [-0.2, 0) is 19.6 Å². The molecule has 6 nitrogen and oxygen atoms in total. The van der Waals surface area contributed by atoms with Gasteiger partial charge in [-0.3, -0.25) is 9.10 Å². The maximum Gasteiger partial charge on any atom is 0.240 e. The zero-order valence-corrected chi connectivity index (χ0v) is 16.6.